The summed E-state index contributed by atoms with van der Waals surface area (Å²) in [5.74, 6) is 0.608. The summed E-state index contributed by atoms with van der Waals surface area (Å²) in [4.78, 5) is 11.9. The highest BCUT2D eigenvalue weighted by atomic mass is 16.5. The third kappa shape index (κ3) is 4.33. The van der Waals surface area contributed by atoms with E-state index in [0.29, 0.717) is 13.2 Å². The van der Waals surface area contributed by atoms with Crippen molar-refractivity contribution in [1.82, 2.24) is 4.57 Å². The Morgan fingerprint density at radius 3 is 2.42 bits per heavy atom. The highest BCUT2D eigenvalue weighted by Gasteiger charge is 2.15. The standard InChI is InChI=1S/C22H23NO3/c1-3-25-22(24)17(2)23-14-13-20(15-23)19-9-11-21(12-10-19)26-16-18-7-5-4-6-8-18/h4-15,17H,3,16H2,1-2H3. The fourth-order valence-corrected chi connectivity index (χ4v) is 2.69. The van der Waals surface area contributed by atoms with E-state index < -0.39 is 0 Å². The largest absolute Gasteiger partial charge is 0.489 e. The van der Waals surface area contributed by atoms with E-state index >= 15 is 0 Å². The smallest absolute Gasteiger partial charge is 0.328 e. The minimum absolute atomic E-state index is 0.223. The van der Waals surface area contributed by atoms with Crippen molar-refractivity contribution in [3.63, 3.8) is 0 Å². The zero-order valence-electron chi connectivity index (χ0n) is 15.1. The first-order valence-corrected chi connectivity index (χ1v) is 8.78. The summed E-state index contributed by atoms with van der Waals surface area (Å²) in [6.45, 7) is 4.59. The summed E-state index contributed by atoms with van der Waals surface area (Å²) in [6, 6.07) is 19.7. The van der Waals surface area contributed by atoms with Crippen LogP contribution in [0.25, 0.3) is 11.1 Å². The molecule has 0 spiro atoms. The molecule has 0 radical (unpaired) electrons. The number of benzene rings is 2. The zero-order chi connectivity index (χ0) is 18.4. The molecule has 134 valence electrons. The summed E-state index contributed by atoms with van der Waals surface area (Å²) in [5.41, 5.74) is 3.27. The predicted octanol–water partition coefficient (Wildman–Crippen LogP) is 4.86. The fraction of sp³-hybridized carbons (Fsp3) is 0.227. The maximum atomic E-state index is 11.9. The van der Waals surface area contributed by atoms with Crippen LogP contribution in [0.4, 0.5) is 0 Å². The number of ether oxygens (including phenoxy) is 2. The molecule has 0 bridgehead atoms. The lowest BCUT2D eigenvalue weighted by Gasteiger charge is -2.12. The zero-order valence-corrected chi connectivity index (χ0v) is 15.1. The van der Waals surface area contributed by atoms with E-state index in [4.69, 9.17) is 9.47 Å². The average molecular weight is 349 g/mol. The molecule has 26 heavy (non-hydrogen) atoms. The van der Waals surface area contributed by atoms with Crippen molar-refractivity contribution in [3.8, 4) is 16.9 Å². The van der Waals surface area contributed by atoms with Gasteiger partial charge in [-0.05, 0) is 48.7 Å². The van der Waals surface area contributed by atoms with E-state index in [9.17, 15) is 4.79 Å². The molecule has 0 N–H and O–H groups in total. The average Bonchev–Trinajstić information content (AvgIpc) is 3.17. The van der Waals surface area contributed by atoms with Gasteiger partial charge in [0, 0.05) is 12.4 Å². The molecular formula is C22H23NO3. The number of carbonyl (C=O) groups is 1. The Balaban J connectivity index is 1.64. The molecule has 0 aliphatic carbocycles. The Morgan fingerprint density at radius 2 is 1.73 bits per heavy atom. The SMILES string of the molecule is CCOC(=O)C(C)n1ccc(-c2ccc(OCc3ccccc3)cc2)c1. The van der Waals surface area contributed by atoms with Crippen LogP contribution >= 0.6 is 0 Å². The van der Waals surface area contributed by atoms with Crippen molar-refractivity contribution < 1.29 is 14.3 Å². The highest BCUT2D eigenvalue weighted by molar-refractivity contribution is 5.74. The molecule has 2 aromatic carbocycles. The second-order valence-corrected chi connectivity index (χ2v) is 6.07. The van der Waals surface area contributed by atoms with Gasteiger partial charge >= 0.3 is 5.97 Å². The number of nitrogens with zero attached hydrogens (tertiary/aromatic N) is 1. The van der Waals surface area contributed by atoms with Crippen molar-refractivity contribution in [1.29, 1.82) is 0 Å². The Labute approximate surface area is 154 Å². The van der Waals surface area contributed by atoms with Crippen LogP contribution in [0.2, 0.25) is 0 Å². The molecule has 1 unspecified atom stereocenters. The molecule has 3 aromatic rings. The highest BCUT2D eigenvalue weighted by Crippen LogP contribution is 2.25. The Hall–Kier alpha value is -3.01. The molecule has 1 atom stereocenters. The Bertz CT molecular complexity index is 837. The van der Waals surface area contributed by atoms with Crippen LogP contribution in [0.5, 0.6) is 5.75 Å². The van der Waals surface area contributed by atoms with Gasteiger partial charge in [-0.2, -0.15) is 0 Å². The van der Waals surface area contributed by atoms with Crippen molar-refractivity contribution in [2.45, 2.75) is 26.5 Å². The van der Waals surface area contributed by atoms with E-state index in [1.54, 1.807) is 0 Å². The first-order chi connectivity index (χ1) is 12.7. The van der Waals surface area contributed by atoms with Gasteiger partial charge in [-0.15, -0.1) is 0 Å². The van der Waals surface area contributed by atoms with Gasteiger partial charge in [0.2, 0.25) is 0 Å². The summed E-state index contributed by atoms with van der Waals surface area (Å²) in [7, 11) is 0. The van der Waals surface area contributed by atoms with Crippen LogP contribution in [-0.4, -0.2) is 17.1 Å². The molecule has 4 nitrogen and oxygen atoms in total. The fourth-order valence-electron chi connectivity index (χ4n) is 2.69. The van der Waals surface area contributed by atoms with Gasteiger partial charge in [-0.1, -0.05) is 42.5 Å². The second kappa shape index (κ2) is 8.39. The van der Waals surface area contributed by atoms with Crippen LogP contribution in [0.3, 0.4) is 0 Å². The molecule has 0 fully saturated rings. The summed E-state index contributed by atoms with van der Waals surface area (Å²) in [6.07, 6.45) is 3.86. The maximum absolute atomic E-state index is 11.9. The van der Waals surface area contributed by atoms with Gasteiger partial charge in [0.1, 0.15) is 18.4 Å². The first-order valence-electron chi connectivity index (χ1n) is 8.78. The van der Waals surface area contributed by atoms with Gasteiger partial charge in [0.25, 0.3) is 0 Å². The second-order valence-electron chi connectivity index (χ2n) is 6.07. The molecule has 4 heteroatoms. The summed E-state index contributed by atoms with van der Waals surface area (Å²) >= 11 is 0. The molecule has 0 saturated heterocycles. The van der Waals surface area contributed by atoms with Gasteiger partial charge in [-0.3, -0.25) is 0 Å². The predicted molar refractivity (Wildman–Crippen MR) is 102 cm³/mol. The maximum Gasteiger partial charge on any atom is 0.328 e. The number of hydrogen-bond acceptors (Lipinski definition) is 3. The molecule has 0 aliphatic rings. The number of hydrogen-bond donors (Lipinski definition) is 0. The minimum atomic E-state index is -0.336. The third-order valence-corrected chi connectivity index (χ3v) is 4.23. The van der Waals surface area contributed by atoms with E-state index in [-0.39, 0.29) is 12.0 Å². The lowest BCUT2D eigenvalue weighted by atomic mass is 10.1. The Morgan fingerprint density at radius 1 is 1.00 bits per heavy atom. The van der Waals surface area contributed by atoms with E-state index in [0.717, 1.165) is 22.4 Å². The number of carbonyl (C=O) groups excluding carboxylic acids is 1. The third-order valence-electron chi connectivity index (χ3n) is 4.23. The van der Waals surface area contributed by atoms with Crippen molar-refractivity contribution >= 4 is 5.97 Å². The topological polar surface area (TPSA) is 40.5 Å². The van der Waals surface area contributed by atoms with Crippen LogP contribution in [-0.2, 0) is 16.1 Å². The lowest BCUT2D eigenvalue weighted by molar-refractivity contribution is -0.146. The minimum Gasteiger partial charge on any atom is -0.489 e. The van der Waals surface area contributed by atoms with E-state index in [2.05, 4.69) is 0 Å². The number of rotatable bonds is 7. The molecule has 1 aromatic heterocycles. The lowest BCUT2D eigenvalue weighted by Crippen LogP contribution is -2.17. The Kier molecular flexibility index (Phi) is 5.74. The van der Waals surface area contributed by atoms with Gasteiger partial charge in [-0.25, -0.2) is 4.79 Å². The monoisotopic (exact) mass is 349 g/mol. The molecule has 0 amide bonds. The van der Waals surface area contributed by atoms with Crippen LogP contribution in [0.15, 0.2) is 73.1 Å². The molecule has 0 aliphatic heterocycles. The van der Waals surface area contributed by atoms with Crippen LogP contribution in [0, 0.1) is 0 Å². The molecule has 0 saturated carbocycles. The van der Waals surface area contributed by atoms with E-state index in [1.165, 1.54) is 0 Å². The van der Waals surface area contributed by atoms with Gasteiger partial charge in [0.05, 0.1) is 6.61 Å². The van der Waals surface area contributed by atoms with Crippen LogP contribution in [0.1, 0.15) is 25.5 Å². The van der Waals surface area contributed by atoms with Crippen LogP contribution < -0.4 is 4.74 Å². The number of aromatic nitrogens is 1. The van der Waals surface area contributed by atoms with Crippen molar-refractivity contribution in [2.75, 3.05) is 6.61 Å². The summed E-state index contributed by atoms with van der Waals surface area (Å²) in [5, 5.41) is 0. The quantitative estimate of drug-likeness (QED) is 0.572. The molecular weight excluding hydrogens is 326 g/mol. The normalized spacial score (nSPS) is 11.8. The van der Waals surface area contributed by atoms with Gasteiger partial charge < -0.3 is 14.0 Å². The van der Waals surface area contributed by atoms with Gasteiger partial charge in [0.15, 0.2) is 0 Å². The summed E-state index contributed by atoms with van der Waals surface area (Å²) < 4.78 is 12.8. The molecule has 1 heterocycles. The number of esters is 1. The van der Waals surface area contributed by atoms with E-state index in [1.807, 2.05) is 91.5 Å². The molecule has 3 rings (SSSR count). The van der Waals surface area contributed by atoms with Crippen molar-refractivity contribution in [3.05, 3.63) is 78.6 Å². The van der Waals surface area contributed by atoms with Crippen molar-refractivity contribution in [2.24, 2.45) is 0 Å². The first kappa shape index (κ1) is 17.8.